The summed E-state index contributed by atoms with van der Waals surface area (Å²) in [6, 6.07) is 8.38. The van der Waals surface area contributed by atoms with Crippen LogP contribution in [0.25, 0.3) is 22.0 Å². The smallest absolute Gasteiger partial charge is 0.151 e. The fourth-order valence-electron chi connectivity index (χ4n) is 2.69. The average Bonchev–Trinajstić information content (AvgIpc) is 2.94. The number of hydrogen-bond donors (Lipinski definition) is 1. The van der Waals surface area contributed by atoms with Crippen LogP contribution in [0.15, 0.2) is 30.5 Å². The van der Waals surface area contributed by atoms with E-state index in [1.165, 1.54) is 5.39 Å². The Labute approximate surface area is 117 Å². The molecule has 3 rings (SSSR count). The molecule has 0 saturated heterocycles. The number of ketones is 1. The van der Waals surface area contributed by atoms with Crippen LogP contribution in [-0.4, -0.2) is 20.5 Å². The molecule has 3 aromatic rings. The van der Waals surface area contributed by atoms with Gasteiger partial charge in [-0.15, -0.1) is 0 Å². The molecule has 1 N–H and O–H groups in total. The van der Waals surface area contributed by atoms with E-state index >= 15 is 0 Å². The van der Waals surface area contributed by atoms with Gasteiger partial charge in [0.05, 0.1) is 12.2 Å². The molecule has 20 heavy (non-hydrogen) atoms. The quantitative estimate of drug-likeness (QED) is 0.792. The standard InChI is InChI=1S/C16H17N3O/c1-10(20)9-19-12(3)16(11(2)18-19)14-4-5-15-13(8-14)6-7-17-15/h4-8,17H,9H2,1-3H3. The number of fused-ring (bicyclic) bond motifs is 1. The van der Waals surface area contributed by atoms with E-state index < -0.39 is 0 Å². The van der Waals surface area contributed by atoms with Gasteiger partial charge in [0.1, 0.15) is 0 Å². The highest BCUT2D eigenvalue weighted by Gasteiger charge is 2.14. The van der Waals surface area contributed by atoms with Crippen LogP contribution < -0.4 is 0 Å². The number of aryl methyl sites for hydroxylation is 1. The molecule has 2 heterocycles. The van der Waals surface area contributed by atoms with Gasteiger partial charge in [-0.1, -0.05) is 6.07 Å². The van der Waals surface area contributed by atoms with Gasteiger partial charge in [-0.25, -0.2) is 0 Å². The van der Waals surface area contributed by atoms with Gasteiger partial charge < -0.3 is 4.98 Å². The van der Waals surface area contributed by atoms with E-state index in [4.69, 9.17) is 0 Å². The van der Waals surface area contributed by atoms with E-state index in [-0.39, 0.29) is 5.78 Å². The summed E-state index contributed by atoms with van der Waals surface area (Å²) in [4.78, 5) is 14.5. The van der Waals surface area contributed by atoms with Crippen molar-refractivity contribution in [2.75, 3.05) is 0 Å². The number of benzene rings is 1. The Hall–Kier alpha value is -2.36. The van der Waals surface area contributed by atoms with E-state index in [2.05, 4.69) is 34.3 Å². The molecule has 0 unspecified atom stereocenters. The van der Waals surface area contributed by atoms with Crippen LogP contribution in [0.5, 0.6) is 0 Å². The number of carbonyl (C=O) groups is 1. The zero-order valence-electron chi connectivity index (χ0n) is 11.9. The molecular formula is C16H17N3O. The monoisotopic (exact) mass is 267 g/mol. The van der Waals surface area contributed by atoms with Gasteiger partial charge in [-0.05, 0) is 49.9 Å². The first-order valence-corrected chi connectivity index (χ1v) is 6.67. The molecule has 0 aliphatic heterocycles. The number of hydrogen-bond acceptors (Lipinski definition) is 2. The summed E-state index contributed by atoms with van der Waals surface area (Å²) in [6.45, 7) is 5.92. The highest BCUT2D eigenvalue weighted by Crippen LogP contribution is 2.29. The fraction of sp³-hybridized carbons (Fsp3) is 0.250. The Balaban J connectivity index is 2.13. The Kier molecular flexibility index (Phi) is 2.93. The number of carbonyl (C=O) groups excluding carboxylic acids is 1. The van der Waals surface area contributed by atoms with Crippen molar-refractivity contribution in [3.63, 3.8) is 0 Å². The minimum atomic E-state index is 0.114. The van der Waals surface area contributed by atoms with Crippen molar-refractivity contribution in [3.8, 4) is 11.1 Å². The van der Waals surface area contributed by atoms with Crippen LogP contribution in [-0.2, 0) is 11.3 Å². The predicted octanol–water partition coefficient (Wildman–Crippen LogP) is 3.24. The van der Waals surface area contributed by atoms with Crippen LogP contribution in [0.1, 0.15) is 18.3 Å². The van der Waals surface area contributed by atoms with Crippen LogP contribution in [0, 0.1) is 13.8 Å². The normalized spacial score (nSPS) is 11.2. The van der Waals surface area contributed by atoms with Gasteiger partial charge in [-0.3, -0.25) is 9.48 Å². The first-order valence-electron chi connectivity index (χ1n) is 6.67. The lowest BCUT2D eigenvalue weighted by atomic mass is 10.0. The van der Waals surface area contributed by atoms with Gasteiger partial charge in [0.2, 0.25) is 0 Å². The highest BCUT2D eigenvalue weighted by molar-refractivity contribution is 5.86. The number of nitrogens with zero attached hydrogens (tertiary/aromatic N) is 2. The second kappa shape index (κ2) is 4.63. The second-order valence-electron chi connectivity index (χ2n) is 5.19. The summed E-state index contributed by atoms with van der Waals surface area (Å²) < 4.78 is 1.79. The maximum atomic E-state index is 11.3. The first-order chi connectivity index (χ1) is 9.56. The minimum absolute atomic E-state index is 0.114. The SMILES string of the molecule is CC(=O)Cn1nc(C)c(-c2ccc3[nH]ccc3c2)c1C. The average molecular weight is 267 g/mol. The first kappa shape index (κ1) is 12.7. The van der Waals surface area contributed by atoms with Crippen molar-refractivity contribution in [3.05, 3.63) is 41.9 Å². The molecule has 0 radical (unpaired) electrons. The van der Waals surface area contributed by atoms with Crippen molar-refractivity contribution in [2.24, 2.45) is 0 Å². The lowest BCUT2D eigenvalue weighted by molar-refractivity contribution is -0.117. The summed E-state index contributed by atoms with van der Waals surface area (Å²) in [6.07, 6.45) is 1.94. The highest BCUT2D eigenvalue weighted by atomic mass is 16.1. The summed E-state index contributed by atoms with van der Waals surface area (Å²) in [5.41, 5.74) is 5.38. The van der Waals surface area contributed by atoms with Crippen LogP contribution >= 0.6 is 0 Å². The van der Waals surface area contributed by atoms with Gasteiger partial charge in [0.15, 0.2) is 5.78 Å². The summed E-state index contributed by atoms with van der Waals surface area (Å²) in [5.74, 6) is 0.114. The maximum Gasteiger partial charge on any atom is 0.151 e. The molecule has 0 saturated carbocycles. The molecule has 0 amide bonds. The Morgan fingerprint density at radius 3 is 2.85 bits per heavy atom. The molecule has 0 bridgehead atoms. The number of aromatic nitrogens is 3. The molecule has 0 spiro atoms. The molecule has 0 fully saturated rings. The number of Topliss-reactive ketones (excluding diaryl/α,β-unsaturated/α-hetero) is 1. The van der Waals surface area contributed by atoms with Crippen molar-refractivity contribution in [2.45, 2.75) is 27.3 Å². The van der Waals surface area contributed by atoms with Crippen molar-refractivity contribution >= 4 is 16.7 Å². The van der Waals surface area contributed by atoms with E-state index in [0.29, 0.717) is 6.54 Å². The molecule has 0 atom stereocenters. The lowest BCUT2D eigenvalue weighted by Gasteiger charge is -2.04. The lowest BCUT2D eigenvalue weighted by Crippen LogP contribution is -2.09. The molecule has 0 aliphatic rings. The van der Waals surface area contributed by atoms with E-state index in [0.717, 1.165) is 28.0 Å². The Morgan fingerprint density at radius 2 is 2.10 bits per heavy atom. The van der Waals surface area contributed by atoms with Crippen LogP contribution in [0.4, 0.5) is 0 Å². The predicted molar refractivity (Wildman–Crippen MR) is 79.7 cm³/mol. The summed E-state index contributed by atoms with van der Waals surface area (Å²) in [5, 5.41) is 5.66. The van der Waals surface area contributed by atoms with Gasteiger partial charge in [0.25, 0.3) is 0 Å². The molecular weight excluding hydrogens is 250 g/mol. The van der Waals surface area contributed by atoms with E-state index in [9.17, 15) is 4.79 Å². The third kappa shape index (κ3) is 2.03. The van der Waals surface area contributed by atoms with Gasteiger partial charge in [0, 0.05) is 23.0 Å². The van der Waals surface area contributed by atoms with Gasteiger partial charge in [-0.2, -0.15) is 5.10 Å². The van der Waals surface area contributed by atoms with Crippen molar-refractivity contribution in [1.82, 2.24) is 14.8 Å². The molecule has 4 heteroatoms. The molecule has 102 valence electrons. The Bertz CT molecular complexity index is 795. The molecule has 1 aromatic carbocycles. The Morgan fingerprint density at radius 1 is 1.30 bits per heavy atom. The van der Waals surface area contributed by atoms with Gasteiger partial charge >= 0.3 is 0 Å². The molecule has 0 aliphatic carbocycles. The van der Waals surface area contributed by atoms with Crippen molar-refractivity contribution in [1.29, 1.82) is 0 Å². The van der Waals surface area contributed by atoms with E-state index in [1.807, 2.05) is 20.0 Å². The molecule has 2 aromatic heterocycles. The molecule has 4 nitrogen and oxygen atoms in total. The van der Waals surface area contributed by atoms with Crippen molar-refractivity contribution < 1.29 is 4.79 Å². The van der Waals surface area contributed by atoms with Crippen LogP contribution in [0.2, 0.25) is 0 Å². The largest absolute Gasteiger partial charge is 0.361 e. The number of H-pyrrole nitrogens is 1. The van der Waals surface area contributed by atoms with E-state index in [1.54, 1.807) is 11.6 Å². The summed E-state index contributed by atoms with van der Waals surface area (Å²) in [7, 11) is 0. The zero-order valence-corrected chi connectivity index (χ0v) is 11.9. The fourth-order valence-corrected chi connectivity index (χ4v) is 2.69. The maximum absolute atomic E-state index is 11.3. The third-order valence-electron chi connectivity index (χ3n) is 3.60. The minimum Gasteiger partial charge on any atom is -0.361 e. The third-order valence-corrected chi connectivity index (χ3v) is 3.60. The second-order valence-corrected chi connectivity index (χ2v) is 5.19. The number of nitrogens with one attached hydrogen (secondary N) is 1. The zero-order chi connectivity index (χ0) is 14.3. The summed E-state index contributed by atoms with van der Waals surface area (Å²) >= 11 is 0. The number of aromatic amines is 1. The van der Waals surface area contributed by atoms with Crippen LogP contribution in [0.3, 0.4) is 0 Å². The number of rotatable bonds is 3. The topological polar surface area (TPSA) is 50.7 Å².